The van der Waals surface area contributed by atoms with E-state index >= 15 is 0 Å². The summed E-state index contributed by atoms with van der Waals surface area (Å²) in [5.41, 5.74) is 0.673. The van der Waals surface area contributed by atoms with Gasteiger partial charge in [0.15, 0.2) is 5.78 Å². The van der Waals surface area contributed by atoms with Crippen molar-refractivity contribution in [3.8, 4) is 5.75 Å². The predicted molar refractivity (Wildman–Crippen MR) is 71.1 cm³/mol. The van der Waals surface area contributed by atoms with Crippen LogP contribution in [0, 0.1) is 0 Å². The Labute approximate surface area is 115 Å². The smallest absolute Gasteiger partial charge is 0.170 e. The van der Waals surface area contributed by atoms with Crippen molar-refractivity contribution in [2.75, 3.05) is 0 Å². The molecule has 3 rings (SSSR count). The van der Waals surface area contributed by atoms with E-state index in [-0.39, 0.29) is 24.1 Å². The van der Waals surface area contributed by atoms with Crippen LogP contribution in [0.15, 0.2) is 22.7 Å². The normalized spacial score (nSPS) is 31.0. The van der Waals surface area contributed by atoms with E-state index in [1.54, 1.807) is 0 Å². The van der Waals surface area contributed by atoms with E-state index < -0.39 is 0 Å². The van der Waals surface area contributed by atoms with Gasteiger partial charge in [-0.25, -0.2) is 0 Å². The molecular weight excluding hydrogens is 296 g/mol. The summed E-state index contributed by atoms with van der Waals surface area (Å²) in [5.74, 6) is 0.827. The second-order valence-electron chi connectivity index (χ2n) is 4.99. The molecule has 0 saturated carbocycles. The molecule has 3 atom stereocenters. The molecule has 1 fully saturated rings. The highest BCUT2D eigenvalue weighted by Gasteiger charge is 2.36. The van der Waals surface area contributed by atoms with E-state index in [0.717, 1.165) is 17.3 Å². The van der Waals surface area contributed by atoms with Crippen LogP contribution < -0.4 is 4.74 Å². The van der Waals surface area contributed by atoms with Crippen molar-refractivity contribution in [3.05, 3.63) is 28.2 Å². The van der Waals surface area contributed by atoms with Crippen LogP contribution >= 0.6 is 15.9 Å². The average molecular weight is 311 g/mol. The Morgan fingerprint density at radius 2 is 2.11 bits per heavy atom. The number of hydrogen-bond donors (Lipinski definition) is 0. The van der Waals surface area contributed by atoms with Crippen molar-refractivity contribution in [2.24, 2.45) is 0 Å². The SMILES string of the molecule is CC1CCC(C2CC(=O)c3cc(Br)ccc3O2)O1. The third-order valence-electron chi connectivity index (χ3n) is 3.59. The summed E-state index contributed by atoms with van der Waals surface area (Å²) in [5, 5.41) is 0. The molecule has 3 nitrogen and oxygen atoms in total. The number of halogens is 1. The number of carbonyl (C=O) groups is 1. The molecule has 0 bridgehead atoms. The molecule has 2 aliphatic rings. The van der Waals surface area contributed by atoms with Crippen LogP contribution in [-0.4, -0.2) is 24.1 Å². The maximum absolute atomic E-state index is 12.1. The Morgan fingerprint density at radius 3 is 2.83 bits per heavy atom. The minimum absolute atomic E-state index is 0.0562. The van der Waals surface area contributed by atoms with Crippen molar-refractivity contribution in [1.82, 2.24) is 0 Å². The van der Waals surface area contributed by atoms with E-state index in [0.29, 0.717) is 17.7 Å². The molecular formula is C14H15BrO3. The quantitative estimate of drug-likeness (QED) is 0.798. The molecule has 0 aromatic heterocycles. The number of carbonyl (C=O) groups excluding carboxylic acids is 1. The fourth-order valence-electron chi connectivity index (χ4n) is 2.63. The summed E-state index contributed by atoms with van der Waals surface area (Å²) in [4.78, 5) is 12.1. The lowest BCUT2D eigenvalue weighted by Crippen LogP contribution is -2.37. The van der Waals surface area contributed by atoms with Crippen LogP contribution in [0.2, 0.25) is 0 Å². The fourth-order valence-corrected chi connectivity index (χ4v) is 3.00. The van der Waals surface area contributed by atoms with Crippen LogP contribution in [0.3, 0.4) is 0 Å². The molecule has 3 unspecified atom stereocenters. The number of ether oxygens (including phenoxy) is 2. The molecule has 0 aliphatic carbocycles. The van der Waals surface area contributed by atoms with E-state index in [4.69, 9.17) is 9.47 Å². The Bertz CT molecular complexity index is 486. The highest BCUT2D eigenvalue weighted by molar-refractivity contribution is 9.10. The van der Waals surface area contributed by atoms with Gasteiger partial charge in [-0.3, -0.25) is 4.79 Å². The van der Waals surface area contributed by atoms with Crippen LogP contribution in [0.4, 0.5) is 0 Å². The topological polar surface area (TPSA) is 35.5 Å². The molecule has 0 radical (unpaired) electrons. The summed E-state index contributed by atoms with van der Waals surface area (Å²) in [7, 11) is 0. The molecule has 18 heavy (non-hydrogen) atoms. The van der Waals surface area contributed by atoms with Crippen LogP contribution in [-0.2, 0) is 4.74 Å². The van der Waals surface area contributed by atoms with E-state index in [1.165, 1.54) is 0 Å². The number of rotatable bonds is 1. The van der Waals surface area contributed by atoms with E-state index in [1.807, 2.05) is 18.2 Å². The van der Waals surface area contributed by atoms with Crippen LogP contribution in [0.1, 0.15) is 36.5 Å². The summed E-state index contributed by atoms with van der Waals surface area (Å²) >= 11 is 3.37. The third kappa shape index (κ3) is 2.19. The van der Waals surface area contributed by atoms with Crippen molar-refractivity contribution in [3.63, 3.8) is 0 Å². The highest BCUT2D eigenvalue weighted by atomic mass is 79.9. The lowest BCUT2D eigenvalue weighted by Gasteiger charge is -2.29. The van der Waals surface area contributed by atoms with Gasteiger partial charge in [0.25, 0.3) is 0 Å². The second-order valence-corrected chi connectivity index (χ2v) is 5.90. The van der Waals surface area contributed by atoms with Crippen molar-refractivity contribution in [1.29, 1.82) is 0 Å². The van der Waals surface area contributed by atoms with Gasteiger partial charge < -0.3 is 9.47 Å². The number of ketones is 1. The van der Waals surface area contributed by atoms with Gasteiger partial charge in [-0.1, -0.05) is 15.9 Å². The van der Waals surface area contributed by atoms with Gasteiger partial charge >= 0.3 is 0 Å². The Balaban J connectivity index is 1.83. The molecule has 2 heterocycles. The second kappa shape index (κ2) is 4.67. The summed E-state index contributed by atoms with van der Waals surface area (Å²) in [6, 6.07) is 5.57. The maximum atomic E-state index is 12.1. The van der Waals surface area contributed by atoms with Crippen molar-refractivity contribution in [2.45, 2.75) is 44.5 Å². The monoisotopic (exact) mass is 310 g/mol. The Hall–Kier alpha value is -0.870. The minimum atomic E-state index is -0.129. The van der Waals surface area contributed by atoms with E-state index in [2.05, 4.69) is 22.9 Å². The zero-order chi connectivity index (χ0) is 12.7. The summed E-state index contributed by atoms with van der Waals surface area (Å²) < 4.78 is 12.6. The number of benzene rings is 1. The number of hydrogen-bond acceptors (Lipinski definition) is 3. The first-order valence-corrected chi connectivity index (χ1v) is 7.07. The highest BCUT2D eigenvalue weighted by Crippen LogP contribution is 2.34. The van der Waals surface area contributed by atoms with Gasteiger partial charge in [-0.05, 0) is 38.0 Å². The van der Waals surface area contributed by atoms with E-state index in [9.17, 15) is 4.79 Å². The predicted octanol–water partition coefficient (Wildman–Crippen LogP) is 3.35. The Kier molecular flexibility index (Phi) is 3.16. The molecule has 4 heteroatoms. The number of fused-ring (bicyclic) bond motifs is 1. The zero-order valence-electron chi connectivity index (χ0n) is 10.2. The van der Waals surface area contributed by atoms with Gasteiger partial charge in [0, 0.05) is 4.47 Å². The average Bonchev–Trinajstić information content (AvgIpc) is 2.77. The molecule has 96 valence electrons. The molecule has 1 aromatic rings. The largest absolute Gasteiger partial charge is 0.486 e. The standard InChI is InChI=1S/C14H15BrO3/c1-8-2-4-13(17-8)14-7-11(16)10-6-9(15)3-5-12(10)18-14/h3,5-6,8,13-14H,2,4,7H2,1H3. The van der Waals surface area contributed by atoms with Gasteiger partial charge in [0.1, 0.15) is 11.9 Å². The number of Topliss-reactive ketones (excluding diaryl/α,β-unsaturated/α-hetero) is 1. The molecule has 0 amide bonds. The zero-order valence-corrected chi connectivity index (χ0v) is 11.8. The van der Waals surface area contributed by atoms with Crippen LogP contribution in [0.5, 0.6) is 5.75 Å². The first kappa shape index (κ1) is 12.2. The van der Waals surface area contributed by atoms with Gasteiger partial charge in [-0.2, -0.15) is 0 Å². The molecule has 1 aromatic carbocycles. The van der Waals surface area contributed by atoms with Crippen molar-refractivity contribution < 1.29 is 14.3 Å². The van der Waals surface area contributed by atoms with Gasteiger partial charge in [0.2, 0.25) is 0 Å². The molecule has 0 N–H and O–H groups in total. The van der Waals surface area contributed by atoms with Crippen molar-refractivity contribution >= 4 is 21.7 Å². The summed E-state index contributed by atoms with van der Waals surface area (Å²) in [6.07, 6.45) is 2.65. The third-order valence-corrected chi connectivity index (χ3v) is 4.08. The van der Waals surface area contributed by atoms with Gasteiger partial charge in [0.05, 0.1) is 24.2 Å². The minimum Gasteiger partial charge on any atom is -0.486 e. The molecule has 2 aliphatic heterocycles. The maximum Gasteiger partial charge on any atom is 0.170 e. The van der Waals surface area contributed by atoms with Gasteiger partial charge in [-0.15, -0.1) is 0 Å². The molecule has 0 spiro atoms. The lowest BCUT2D eigenvalue weighted by atomic mass is 9.96. The Morgan fingerprint density at radius 1 is 1.28 bits per heavy atom. The lowest BCUT2D eigenvalue weighted by molar-refractivity contribution is -0.0214. The first-order valence-electron chi connectivity index (χ1n) is 6.28. The fraction of sp³-hybridized carbons (Fsp3) is 0.500. The first-order chi connectivity index (χ1) is 8.63. The van der Waals surface area contributed by atoms with Crippen LogP contribution in [0.25, 0.3) is 0 Å². The summed E-state index contributed by atoms with van der Waals surface area (Å²) in [6.45, 7) is 2.07. The molecule has 1 saturated heterocycles.